The van der Waals surface area contributed by atoms with Crippen LogP contribution < -0.4 is 5.32 Å². The molecular weight excluding hydrogens is 365 g/mol. The summed E-state index contributed by atoms with van der Waals surface area (Å²) in [7, 11) is 0. The van der Waals surface area contributed by atoms with Crippen molar-refractivity contribution in [1.82, 2.24) is 15.1 Å². The van der Waals surface area contributed by atoms with Crippen LogP contribution in [0.3, 0.4) is 0 Å². The van der Waals surface area contributed by atoms with Crippen molar-refractivity contribution in [3.05, 3.63) is 58.0 Å². The Morgan fingerprint density at radius 1 is 1.15 bits per heavy atom. The second-order valence-electron chi connectivity index (χ2n) is 6.51. The van der Waals surface area contributed by atoms with Gasteiger partial charge < -0.3 is 15.1 Å². The SMILES string of the molecule is CCNC(=O)N(CC(=O)N(Cc1ccc(F)cc1)Cc1cccs1)C(C)C. The summed E-state index contributed by atoms with van der Waals surface area (Å²) in [4.78, 5) is 29.5. The Bertz CT molecular complexity index is 732. The van der Waals surface area contributed by atoms with E-state index in [1.54, 1.807) is 28.4 Å². The average molecular weight is 392 g/mol. The van der Waals surface area contributed by atoms with Gasteiger partial charge in [0.05, 0.1) is 6.54 Å². The fourth-order valence-corrected chi connectivity index (χ4v) is 3.34. The standard InChI is InChI=1S/C20H26FN3O2S/c1-4-22-20(26)24(15(2)3)14-19(25)23(13-18-6-5-11-27-18)12-16-7-9-17(21)10-8-16/h5-11,15H,4,12-14H2,1-3H3,(H,22,26). The molecule has 0 saturated carbocycles. The zero-order valence-electron chi connectivity index (χ0n) is 15.9. The molecule has 0 aliphatic rings. The number of halogens is 1. The lowest BCUT2D eigenvalue weighted by molar-refractivity contribution is -0.133. The molecule has 2 rings (SSSR count). The van der Waals surface area contributed by atoms with Gasteiger partial charge in [0.2, 0.25) is 5.91 Å². The van der Waals surface area contributed by atoms with Crippen LogP contribution >= 0.6 is 11.3 Å². The van der Waals surface area contributed by atoms with Gasteiger partial charge in [-0.15, -0.1) is 11.3 Å². The van der Waals surface area contributed by atoms with Gasteiger partial charge >= 0.3 is 6.03 Å². The lowest BCUT2D eigenvalue weighted by atomic mass is 10.2. The molecule has 0 saturated heterocycles. The molecule has 0 bridgehead atoms. The normalized spacial score (nSPS) is 10.7. The van der Waals surface area contributed by atoms with Gasteiger partial charge in [0.25, 0.3) is 0 Å². The number of nitrogens with one attached hydrogen (secondary N) is 1. The third-order valence-electron chi connectivity index (χ3n) is 4.08. The van der Waals surface area contributed by atoms with Crippen LogP contribution in [-0.4, -0.2) is 40.9 Å². The first kappa shape index (κ1) is 20.9. The Hall–Kier alpha value is -2.41. The van der Waals surface area contributed by atoms with E-state index in [1.165, 1.54) is 17.0 Å². The summed E-state index contributed by atoms with van der Waals surface area (Å²) in [5, 5.41) is 4.71. The molecule has 0 unspecified atom stereocenters. The van der Waals surface area contributed by atoms with Gasteiger partial charge in [-0.1, -0.05) is 18.2 Å². The first-order valence-corrected chi connectivity index (χ1v) is 9.87. The Morgan fingerprint density at radius 2 is 1.85 bits per heavy atom. The minimum atomic E-state index is -0.308. The van der Waals surface area contributed by atoms with Crippen LogP contribution in [0.1, 0.15) is 31.2 Å². The van der Waals surface area contributed by atoms with E-state index >= 15 is 0 Å². The van der Waals surface area contributed by atoms with Crippen molar-refractivity contribution in [2.75, 3.05) is 13.1 Å². The zero-order chi connectivity index (χ0) is 19.8. The third-order valence-corrected chi connectivity index (χ3v) is 4.95. The molecule has 0 radical (unpaired) electrons. The second-order valence-corrected chi connectivity index (χ2v) is 7.55. The zero-order valence-corrected chi connectivity index (χ0v) is 16.8. The van der Waals surface area contributed by atoms with Crippen molar-refractivity contribution >= 4 is 23.3 Å². The predicted octanol–water partition coefficient (Wildman–Crippen LogP) is 3.86. The highest BCUT2D eigenvalue weighted by Gasteiger charge is 2.23. The molecule has 0 aliphatic carbocycles. The first-order chi connectivity index (χ1) is 12.9. The Morgan fingerprint density at radius 3 is 2.41 bits per heavy atom. The molecule has 1 aromatic carbocycles. The number of carbonyl (C=O) groups excluding carboxylic acids is 2. The molecule has 0 atom stereocenters. The quantitative estimate of drug-likeness (QED) is 0.743. The van der Waals surface area contributed by atoms with Crippen LogP contribution in [0, 0.1) is 5.82 Å². The minimum absolute atomic E-state index is 0.00390. The summed E-state index contributed by atoms with van der Waals surface area (Å²) < 4.78 is 13.2. The van der Waals surface area contributed by atoms with Crippen LogP contribution in [0.4, 0.5) is 9.18 Å². The van der Waals surface area contributed by atoms with Crippen molar-refractivity contribution in [3.8, 4) is 0 Å². The highest BCUT2D eigenvalue weighted by Crippen LogP contribution is 2.16. The molecule has 3 amide bonds. The maximum atomic E-state index is 13.2. The number of urea groups is 1. The molecule has 5 nitrogen and oxygen atoms in total. The van der Waals surface area contributed by atoms with E-state index < -0.39 is 0 Å². The van der Waals surface area contributed by atoms with Crippen molar-refractivity contribution in [2.24, 2.45) is 0 Å². The number of rotatable bonds is 8. The van der Waals surface area contributed by atoms with Crippen LogP contribution in [-0.2, 0) is 17.9 Å². The Kier molecular flexibility index (Phi) is 7.79. The first-order valence-electron chi connectivity index (χ1n) is 8.99. The van der Waals surface area contributed by atoms with E-state index in [-0.39, 0.29) is 30.3 Å². The number of carbonyl (C=O) groups is 2. The molecule has 1 aromatic heterocycles. The van der Waals surface area contributed by atoms with Crippen molar-refractivity contribution in [1.29, 1.82) is 0 Å². The van der Waals surface area contributed by atoms with Gasteiger partial charge in [-0.05, 0) is 49.9 Å². The van der Waals surface area contributed by atoms with Crippen LogP contribution in [0.15, 0.2) is 41.8 Å². The average Bonchev–Trinajstić information content (AvgIpc) is 3.13. The number of benzene rings is 1. The smallest absolute Gasteiger partial charge is 0.318 e. The van der Waals surface area contributed by atoms with E-state index in [0.29, 0.717) is 19.6 Å². The topological polar surface area (TPSA) is 52.7 Å². The van der Waals surface area contributed by atoms with Gasteiger partial charge in [0.1, 0.15) is 12.4 Å². The highest BCUT2D eigenvalue weighted by atomic mass is 32.1. The van der Waals surface area contributed by atoms with Crippen molar-refractivity contribution in [2.45, 2.75) is 39.9 Å². The summed E-state index contributed by atoms with van der Waals surface area (Å²) in [6.07, 6.45) is 0. The molecule has 146 valence electrons. The summed E-state index contributed by atoms with van der Waals surface area (Å²) in [6.45, 7) is 6.92. The number of hydrogen-bond donors (Lipinski definition) is 1. The molecule has 1 heterocycles. The summed E-state index contributed by atoms with van der Waals surface area (Å²) in [6, 6.07) is 9.68. The highest BCUT2D eigenvalue weighted by molar-refractivity contribution is 7.09. The lowest BCUT2D eigenvalue weighted by Gasteiger charge is -2.30. The second kappa shape index (κ2) is 10.1. The molecular formula is C20H26FN3O2S. The monoisotopic (exact) mass is 391 g/mol. The predicted molar refractivity (Wildman–Crippen MR) is 106 cm³/mol. The van der Waals surface area contributed by atoms with E-state index in [1.807, 2.05) is 38.3 Å². The van der Waals surface area contributed by atoms with Crippen LogP contribution in [0.2, 0.25) is 0 Å². The Balaban J connectivity index is 2.16. The fourth-order valence-electron chi connectivity index (χ4n) is 2.62. The van der Waals surface area contributed by atoms with Crippen LogP contribution in [0.5, 0.6) is 0 Å². The molecule has 7 heteroatoms. The largest absolute Gasteiger partial charge is 0.338 e. The van der Waals surface area contributed by atoms with Gasteiger partial charge in [-0.3, -0.25) is 4.79 Å². The minimum Gasteiger partial charge on any atom is -0.338 e. The van der Waals surface area contributed by atoms with Crippen molar-refractivity contribution in [3.63, 3.8) is 0 Å². The third kappa shape index (κ3) is 6.36. The van der Waals surface area contributed by atoms with Gasteiger partial charge in [-0.25, -0.2) is 9.18 Å². The Labute approximate surface area is 163 Å². The number of amides is 3. The maximum Gasteiger partial charge on any atom is 0.318 e. The van der Waals surface area contributed by atoms with Gasteiger partial charge in [-0.2, -0.15) is 0 Å². The van der Waals surface area contributed by atoms with E-state index in [0.717, 1.165) is 10.4 Å². The number of thiophene rings is 1. The molecule has 1 N–H and O–H groups in total. The summed E-state index contributed by atoms with van der Waals surface area (Å²) in [5.41, 5.74) is 0.843. The molecule has 0 spiro atoms. The van der Waals surface area contributed by atoms with Crippen LogP contribution in [0.25, 0.3) is 0 Å². The number of nitrogens with zero attached hydrogens (tertiary/aromatic N) is 2. The lowest BCUT2D eigenvalue weighted by Crippen LogP contribution is -2.49. The van der Waals surface area contributed by atoms with Crippen molar-refractivity contribution < 1.29 is 14.0 Å². The fraction of sp³-hybridized carbons (Fsp3) is 0.400. The molecule has 2 aromatic rings. The van der Waals surface area contributed by atoms with Gasteiger partial charge in [0.15, 0.2) is 0 Å². The molecule has 27 heavy (non-hydrogen) atoms. The van der Waals surface area contributed by atoms with E-state index in [9.17, 15) is 14.0 Å². The summed E-state index contributed by atoms with van der Waals surface area (Å²) in [5.74, 6) is -0.454. The number of hydrogen-bond acceptors (Lipinski definition) is 3. The summed E-state index contributed by atoms with van der Waals surface area (Å²) >= 11 is 1.57. The maximum absolute atomic E-state index is 13.2. The van der Waals surface area contributed by atoms with E-state index in [4.69, 9.17) is 0 Å². The molecule has 0 fully saturated rings. The van der Waals surface area contributed by atoms with Gasteiger partial charge in [0, 0.05) is 24.0 Å². The molecule has 0 aliphatic heterocycles. The van der Waals surface area contributed by atoms with E-state index in [2.05, 4.69) is 5.32 Å².